The molecule has 0 fully saturated rings. The quantitative estimate of drug-likeness (QED) is 0.865. The second-order valence-corrected chi connectivity index (χ2v) is 4.25. The van der Waals surface area contributed by atoms with Gasteiger partial charge in [-0.15, -0.1) is 0 Å². The highest BCUT2D eigenvalue weighted by Gasteiger charge is 2.05. The first-order valence-corrected chi connectivity index (χ1v) is 5.72. The zero-order valence-electron chi connectivity index (χ0n) is 9.09. The van der Waals surface area contributed by atoms with Crippen molar-refractivity contribution in [3.63, 3.8) is 0 Å². The molecule has 0 aromatic heterocycles. The van der Waals surface area contributed by atoms with Crippen molar-refractivity contribution in [2.24, 2.45) is 5.73 Å². The van der Waals surface area contributed by atoms with Gasteiger partial charge in [0.1, 0.15) is 0 Å². The van der Waals surface area contributed by atoms with Crippen molar-refractivity contribution < 1.29 is 4.74 Å². The number of nitrogens with one attached hydrogen (secondary N) is 1. The van der Waals surface area contributed by atoms with Crippen LogP contribution in [0.3, 0.4) is 0 Å². The van der Waals surface area contributed by atoms with Crippen molar-refractivity contribution in [2.45, 2.75) is 19.6 Å². The minimum atomic E-state index is 0.189. The number of anilines is 1. The van der Waals surface area contributed by atoms with Crippen molar-refractivity contribution in [2.75, 3.05) is 19.0 Å². The molecule has 0 spiro atoms. The van der Waals surface area contributed by atoms with E-state index in [2.05, 4.69) is 21.2 Å². The number of nitrogens with two attached hydrogens (primary N) is 1. The molecule has 1 aromatic carbocycles. The molecule has 1 aromatic rings. The smallest absolute Gasteiger partial charge is 0.0715 e. The van der Waals surface area contributed by atoms with Crippen LogP contribution in [0.25, 0.3) is 0 Å². The lowest BCUT2D eigenvalue weighted by atomic mass is 10.1. The molecule has 0 amide bonds. The minimum Gasteiger partial charge on any atom is -0.382 e. The molecule has 0 radical (unpaired) electrons. The maximum absolute atomic E-state index is 5.69. The first kappa shape index (κ1) is 12.5. The second-order valence-electron chi connectivity index (χ2n) is 3.40. The summed E-state index contributed by atoms with van der Waals surface area (Å²) >= 11 is 3.48. The van der Waals surface area contributed by atoms with E-state index in [1.54, 1.807) is 7.11 Å². The van der Waals surface area contributed by atoms with Gasteiger partial charge in [0, 0.05) is 35.9 Å². The Morgan fingerprint density at radius 2 is 2.27 bits per heavy atom. The van der Waals surface area contributed by atoms with Gasteiger partial charge >= 0.3 is 0 Å². The van der Waals surface area contributed by atoms with Crippen LogP contribution in [0.15, 0.2) is 22.7 Å². The molecule has 1 atom stereocenters. The third-order valence-corrected chi connectivity index (χ3v) is 3.05. The van der Waals surface area contributed by atoms with E-state index in [0.717, 1.165) is 22.3 Å². The summed E-state index contributed by atoms with van der Waals surface area (Å²) in [5.74, 6) is 0. The van der Waals surface area contributed by atoms with E-state index in [0.29, 0.717) is 6.54 Å². The molecule has 0 aliphatic rings. The lowest BCUT2D eigenvalue weighted by Gasteiger charge is -2.15. The average Bonchev–Trinajstić information content (AvgIpc) is 2.25. The number of halogens is 1. The van der Waals surface area contributed by atoms with Gasteiger partial charge in [0.2, 0.25) is 0 Å². The summed E-state index contributed by atoms with van der Waals surface area (Å²) in [5.41, 5.74) is 7.85. The molecule has 0 aliphatic heterocycles. The summed E-state index contributed by atoms with van der Waals surface area (Å²) in [7, 11) is 1.71. The van der Waals surface area contributed by atoms with Crippen molar-refractivity contribution in [3.05, 3.63) is 28.2 Å². The molecule has 0 saturated carbocycles. The topological polar surface area (TPSA) is 47.3 Å². The highest BCUT2D eigenvalue weighted by atomic mass is 79.9. The molecular formula is C11H17BrN2O. The normalized spacial score (nSPS) is 12.5. The largest absolute Gasteiger partial charge is 0.382 e. The minimum absolute atomic E-state index is 0.189. The molecule has 15 heavy (non-hydrogen) atoms. The van der Waals surface area contributed by atoms with Crippen LogP contribution < -0.4 is 11.1 Å². The zero-order valence-corrected chi connectivity index (χ0v) is 10.7. The van der Waals surface area contributed by atoms with Gasteiger partial charge < -0.3 is 15.8 Å². The summed E-state index contributed by atoms with van der Waals surface area (Å²) in [5, 5.41) is 3.32. The number of rotatable bonds is 5. The van der Waals surface area contributed by atoms with Crippen molar-refractivity contribution in [3.8, 4) is 0 Å². The van der Waals surface area contributed by atoms with Gasteiger partial charge in [0.25, 0.3) is 0 Å². The van der Waals surface area contributed by atoms with Gasteiger partial charge in [0.15, 0.2) is 0 Å². The van der Waals surface area contributed by atoms with Crippen molar-refractivity contribution in [1.29, 1.82) is 0 Å². The highest BCUT2D eigenvalue weighted by molar-refractivity contribution is 9.10. The second kappa shape index (κ2) is 6.10. The molecular weight excluding hydrogens is 256 g/mol. The van der Waals surface area contributed by atoms with Crippen LogP contribution in [-0.2, 0) is 11.3 Å². The first-order chi connectivity index (χ1) is 7.19. The van der Waals surface area contributed by atoms with Gasteiger partial charge in [-0.25, -0.2) is 0 Å². The predicted octanol–water partition coefficient (Wildman–Crippen LogP) is 2.35. The van der Waals surface area contributed by atoms with Gasteiger partial charge in [-0.05, 0) is 19.1 Å². The third kappa shape index (κ3) is 3.48. The van der Waals surface area contributed by atoms with Crippen LogP contribution in [0.2, 0.25) is 0 Å². The Morgan fingerprint density at radius 1 is 1.53 bits per heavy atom. The van der Waals surface area contributed by atoms with E-state index in [4.69, 9.17) is 10.5 Å². The van der Waals surface area contributed by atoms with Gasteiger partial charge in [-0.3, -0.25) is 0 Å². The molecule has 84 valence electrons. The number of ether oxygens (including phenoxy) is 1. The lowest BCUT2D eigenvalue weighted by Crippen LogP contribution is -2.19. The molecule has 3 N–H and O–H groups in total. The monoisotopic (exact) mass is 272 g/mol. The summed E-state index contributed by atoms with van der Waals surface area (Å²) in [4.78, 5) is 0. The van der Waals surface area contributed by atoms with E-state index in [-0.39, 0.29) is 6.10 Å². The molecule has 3 nitrogen and oxygen atoms in total. The fraction of sp³-hybridized carbons (Fsp3) is 0.455. The summed E-state index contributed by atoms with van der Waals surface area (Å²) in [6.45, 7) is 3.32. The van der Waals surface area contributed by atoms with Gasteiger partial charge in [0.05, 0.1) is 6.10 Å². The molecule has 0 bridgehead atoms. The Labute approximate surface area is 99.1 Å². The molecule has 0 saturated heterocycles. The molecule has 1 rings (SSSR count). The Morgan fingerprint density at radius 3 is 2.87 bits per heavy atom. The van der Waals surface area contributed by atoms with Crippen LogP contribution in [0, 0.1) is 0 Å². The third-order valence-electron chi connectivity index (χ3n) is 2.31. The number of methoxy groups -OCH3 is 1. The van der Waals surface area contributed by atoms with Crippen LogP contribution in [0.5, 0.6) is 0 Å². The Balaban J connectivity index is 2.72. The Hall–Kier alpha value is -0.580. The van der Waals surface area contributed by atoms with Crippen LogP contribution >= 0.6 is 15.9 Å². The van der Waals surface area contributed by atoms with E-state index in [1.807, 2.05) is 25.1 Å². The number of hydrogen-bond acceptors (Lipinski definition) is 3. The Kier molecular flexibility index (Phi) is 5.08. The fourth-order valence-electron chi connectivity index (χ4n) is 1.27. The zero-order chi connectivity index (χ0) is 11.3. The standard InChI is InChI=1S/C11H17BrN2O/c1-8(15-2)7-14-11-5-3-4-10(12)9(11)6-13/h3-5,8,14H,6-7,13H2,1-2H3. The highest BCUT2D eigenvalue weighted by Crippen LogP contribution is 2.24. The van der Waals surface area contributed by atoms with Crippen molar-refractivity contribution >= 4 is 21.6 Å². The summed E-state index contributed by atoms with van der Waals surface area (Å²) in [6, 6.07) is 6.01. The SMILES string of the molecule is COC(C)CNc1cccc(Br)c1CN. The van der Waals surface area contributed by atoms with Gasteiger partial charge in [-0.2, -0.15) is 0 Å². The summed E-state index contributed by atoms with van der Waals surface area (Å²) in [6.07, 6.45) is 0.189. The van der Waals surface area contributed by atoms with Crippen LogP contribution in [0.4, 0.5) is 5.69 Å². The van der Waals surface area contributed by atoms with E-state index in [1.165, 1.54) is 0 Å². The first-order valence-electron chi connectivity index (χ1n) is 4.93. The molecule has 4 heteroatoms. The maximum Gasteiger partial charge on any atom is 0.0715 e. The van der Waals surface area contributed by atoms with E-state index >= 15 is 0 Å². The lowest BCUT2D eigenvalue weighted by molar-refractivity contribution is 0.129. The van der Waals surface area contributed by atoms with Crippen LogP contribution in [-0.4, -0.2) is 19.8 Å². The number of hydrogen-bond donors (Lipinski definition) is 2. The van der Waals surface area contributed by atoms with E-state index < -0.39 is 0 Å². The predicted molar refractivity (Wildman–Crippen MR) is 67.0 cm³/mol. The summed E-state index contributed by atoms with van der Waals surface area (Å²) < 4.78 is 6.21. The maximum atomic E-state index is 5.69. The van der Waals surface area contributed by atoms with E-state index in [9.17, 15) is 0 Å². The average molecular weight is 273 g/mol. The van der Waals surface area contributed by atoms with Crippen molar-refractivity contribution in [1.82, 2.24) is 0 Å². The fourth-order valence-corrected chi connectivity index (χ4v) is 1.80. The Bertz CT molecular complexity index is 317. The molecule has 1 unspecified atom stereocenters. The number of benzene rings is 1. The molecule has 0 heterocycles. The van der Waals surface area contributed by atoms with Crippen LogP contribution in [0.1, 0.15) is 12.5 Å². The van der Waals surface area contributed by atoms with Gasteiger partial charge in [-0.1, -0.05) is 22.0 Å². The molecule has 0 aliphatic carbocycles.